The van der Waals surface area contributed by atoms with Crippen molar-refractivity contribution in [2.24, 2.45) is 5.92 Å². The van der Waals surface area contributed by atoms with Crippen molar-refractivity contribution < 1.29 is 19.0 Å². The monoisotopic (exact) mass is 397 g/mol. The zero-order valence-electron chi connectivity index (χ0n) is 16.6. The van der Waals surface area contributed by atoms with Gasteiger partial charge in [-0.3, -0.25) is 0 Å². The first kappa shape index (κ1) is 19.2. The summed E-state index contributed by atoms with van der Waals surface area (Å²) in [4.78, 5) is 14.5. The number of urea groups is 1. The summed E-state index contributed by atoms with van der Waals surface area (Å²) >= 11 is 0. The molecule has 7 nitrogen and oxygen atoms in total. The van der Waals surface area contributed by atoms with Gasteiger partial charge in [0.2, 0.25) is 6.79 Å². The number of benzene rings is 2. The molecule has 0 saturated carbocycles. The molecule has 2 amide bonds. The maximum atomic E-state index is 12.1. The van der Waals surface area contributed by atoms with Gasteiger partial charge in [-0.1, -0.05) is 6.92 Å². The van der Waals surface area contributed by atoms with Crippen LogP contribution in [0.3, 0.4) is 0 Å². The van der Waals surface area contributed by atoms with Crippen molar-refractivity contribution in [2.45, 2.75) is 19.8 Å². The highest BCUT2D eigenvalue weighted by molar-refractivity contribution is 5.89. The number of hydrogen-bond donors (Lipinski definition) is 2. The minimum Gasteiger partial charge on any atom is -0.492 e. The normalized spacial score (nSPS) is 15.8. The van der Waals surface area contributed by atoms with Crippen molar-refractivity contribution in [1.29, 1.82) is 0 Å². The van der Waals surface area contributed by atoms with E-state index in [4.69, 9.17) is 14.2 Å². The smallest absolute Gasteiger partial charge is 0.319 e. The number of hydrogen-bond acceptors (Lipinski definition) is 5. The molecular weight excluding hydrogens is 370 g/mol. The van der Waals surface area contributed by atoms with Crippen LogP contribution in [0.25, 0.3) is 0 Å². The van der Waals surface area contributed by atoms with E-state index in [1.807, 2.05) is 24.3 Å². The van der Waals surface area contributed by atoms with Crippen molar-refractivity contribution in [2.75, 3.05) is 43.3 Å². The lowest BCUT2D eigenvalue weighted by molar-refractivity contribution is 0.173. The van der Waals surface area contributed by atoms with Crippen molar-refractivity contribution >= 4 is 17.4 Å². The second-order valence-electron chi connectivity index (χ2n) is 7.46. The van der Waals surface area contributed by atoms with Gasteiger partial charge in [-0.05, 0) is 55.2 Å². The van der Waals surface area contributed by atoms with Crippen LogP contribution in [0.1, 0.15) is 19.8 Å². The molecule has 4 rings (SSSR count). The third-order valence-corrected chi connectivity index (χ3v) is 5.27. The van der Waals surface area contributed by atoms with Crippen LogP contribution in [0.4, 0.5) is 16.2 Å². The molecule has 2 aromatic carbocycles. The fourth-order valence-electron chi connectivity index (χ4n) is 3.50. The first-order chi connectivity index (χ1) is 14.2. The summed E-state index contributed by atoms with van der Waals surface area (Å²) in [6, 6.07) is 13.2. The maximum Gasteiger partial charge on any atom is 0.319 e. The largest absolute Gasteiger partial charge is 0.492 e. The van der Waals surface area contributed by atoms with Gasteiger partial charge in [0.25, 0.3) is 0 Å². The first-order valence-electron chi connectivity index (χ1n) is 10.1. The molecular formula is C22H27N3O4. The van der Waals surface area contributed by atoms with E-state index in [2.05, 4.69) is 34.6 Å². The molecule has 1 saturated heterocycles. The summed E-state index contributed by atoms with van der Waals surface area (Å²) in [6.45, 7) is 5.49. The number of nitrogens with zero attached hydrogens (tertiary/aromatic N) is 1. The molecule has 2 aromatic rings. The van der Waals surface area contributed by atoms with Gasteiger partial charge < -0.3 is 29.7 Å². The Hall–Kier alpha value is -3.09. The highest BCUT2D eigenvalue weighted by atomic mass is 16.7. The van der Waals surface area contributed by atoms with Crippen molar-refractivity contribution in [3.05, 3.63) is 42.5 Å². The second-order valence-corrected chi connectivity index (χ2v) is 7.46. The standard InChI is InChI=1S/C22H27N3O4/c1-16-8-11-25(12-9-16)18-4-2-17(3-5-18)24-22(26)23-10-13-27-19-6-7-20-21(14-19)29-15-28-20/h2-7,14,16H,8-13,15H2,1H3,(H2,23,24,26). The van der Waals surface area contributed by atoms with E-state index < -0.39 is 0 Å². The van der Waals surface area contributed by atoms with Crippen LogP contribution in [0.2, 0.25) is 0 Å². The number of piperidine rings is 1. The van der Waals surface area contributed by atoms with E-state index >= 15 is 0 Å². The number of anilines is 2. The fourth-order valence-corrected chi connectivity index (χ4v) is 3.50. The van der Waals surface area contributed by atoms with Crippen LogP contribution in [0.5, 0.6) is 17.2 Å². The number of ether oxygens (including phenoxy) is 3. The summed E-state index contributed by atoms with van der Waals surface area (Å²) in [5, 5.41) is 5.65. The minimum atomic E-state index is -0.251. The quantitative estimate of drug-likeness (QED) is 0.725. The SMILES string of the molecule is CC1CCN(c2ccc(NC(=O)NCCOc3ccc4c(c3)OCO4)cc2)CC1. The van der Waals surface area contributed by atoms with Gasteiger partial charge in [0, 0.05) is 30.5 Å². The zero-order chi connectivity index (χ0) is 20.1. The summed E-state index contributed by atoms with van der Waals surface area (Å²) in [6.07, 6.45) is 2.47. The Balaban J connectivity index is 1.18. The Kier molecular flexibility index (Phi) is 5.93. The van der Waals surface area contributed by atoms with Gasteiger partial charge in [0.05, 0.1) is 6.54 Å². The molecule has 0 spiro atoms. The predicted octanol–water partition coefficient (Wildman–Crippen LogP) is 3.85. The van der Waals surface area contributed by atoms with Crippen LogP contribution < -0.4 is 29.7 Å². The highest BCUT2D eigenvalue weighted by Crippen LogP contribution is 2.35. The number of rotatable bonds is 6. The van der Waals surface area contributed by atoms with E-state index in [-0.39, 0.29) is 12.8 Å². The molecule has 0 aliphatic carbocycles. The molecule has 0 atom stereocenters. The molecule has 0 unspecified atom stereocenters. The number of carbonyl (C=O) groups is 1. The molecule has 0 aromatic heterocycles. The van der Waals surface area contributed by atoms with Crippen molar-refractivity contribution in [3.63, 3.8) is 0 Å². The van der Waals surface area contributed by atoms with Crippen LogP contribution in [0, 0.1) is 5.92 Å². The Bertz CT molecular complexity index is 832. The molecule has 29 heavy (non-hydrogen) atoms. The molecule has 2 heterocycles. The molecule has 2 aliphatic heterocycles. The Morgan fingerprint density at radius 2 is 1.86 bits per heavy atom. The Morgan fingerprint density at radius 3 is 2.66 bits per heavy atom. The van der Waals surface area contributed by atoms with E-state index in [9.17, 15) is 4.79 Å². The van der Waals surface area contributed by atoms with E-state index in [1.54, 1.807) is 6.07 Å². The first-order valence-corrected chi connectivity index (χ1v) is 10.1. The lowest BCUT2D eigenvalue weighted by Gasteiger charge is -2.32. The number of amides is 2. The third-order valence-electron chi connectivity index (χ3n) is 5.27. The average molecular weight is 397 g/mol. The zero-order valence-corrected chi connectivity index (χ0v) is 16.6. The van der Waals surface area contributed by atoms with Gasteiger partial charge in [-0.25, -0.2) is 4.79 Å². The summed E-state index contributed by atoms with van der Waals surface area (Å²) < 4.78 is 16.2. The van der Waals surface area contributed by atoms with Crippen LogP contribution in [-0.4, -0.2) is 39.1 Å². The van der Waals surface area contributed by atoms with Crippen molar-refractivity contribution in [3.8, 4) is 17.2 Å². The van der Waals surface area contributed by atoms with Crippen LogP contribution in [-0.2, 0) is 0 Å². The number of nitrogens with one attached hydrogen (secondary N) is 2. The Labute approximate surface area is 170 Å². The van der Waals surface area contributed by atoms with E-state index in [1.165, 1.54) is 18.5 Å². The Morgan fingerprint density at radius 1 is 1.10 bits per heavy atom. The summed E-state index contributed by atoms with van der Waals surface area (Å²) in [7, 11) is 0. The molecule has 154 valence electrons. The van der Waals surface area contributed by atoms with Gasteiger partial charge >= 0.3 is 6.03 Å². The van der Waals surface area contributed by atoms with Crippen molar-refractivity contribution in [1.82, 2.24) is 5.32 Å². The summed E-state index contributed by atoms with van der Waals surface area (Å²) in [5.74, 6) is 2.88. The van der Waals surface area contributed by atoms with E-state index in [0.717, 1.165) is 30.4 Å². The highest BCUT2D eigenvalue weighted by Gasteiger charge is 2.16. The van der Waals surface area contributed by atoms with Gasteiger partial charge in [0.15, 0.2) is 11.5 Å². The maximum absolute atomic E-state index is 12.1. The topological polar surface area (TPSA) is 72.1 Å². The molecule has 2 N–H and O–H groups in total. The lowest BCUT2D eigenvalue weighted by Crippen LogP contribution is -2.33. The lowest BCUT2D eigenvalue weighted by atomic mass is 9.99. The number of fused-ring (bicyclic) bond motifs is 1. The molecule has 1 fully saturated rings. The van der Waals surface area contributed by atoms with Crippen LogP contribution in [0.15, 0.2) is 42.5 Å². The predicted molar refractivity (Wildman–Crippen MR) is 112 cm³/mol. The van der Waals surface area contributed by atoms with E-state index in [0.29, 0.717) is 24.7 Å². The third kappa shape index (κ3) is 5.04. The second kappa shape index (κ2) is 8.94. The van der Waals surface area contributed by atoms with Gasteiger partial charge in [-0.15, -0.1) is 0 Å². The molecule has 0 bridgehead atoms. The average Bonchev–Trinajstić information content (AvgIpc) is 3.20. The molecule has 2 aliphatic rings. The minimum absolute atomic E-state index is 0.235. The van der Waals surface area contributed by atoms with Gasteiger partial charge in [-0.2, -0.15) is 0 Å². The summed E-state index contributed by atoms with van der Waals surface area (Å²) in [5.41, 5.74) is 1.98. The molecule has 0 radical (unpaired) electrons. The number of carbonyl (C=O) groups excluding carboxylic acids is 1. The van der Waals surface area contributed by atoms with Gasteiger partial charge in [0.1, 0.15) is 12.4 Å². The fraction of sp³-hybridized carbons (Fsp3) is 0.409. The molecule has 7 heteroatoms. The van der Waals surface area contributed by atoms with Crippen LogP contribution >= 0.6 is 0 Å².